The normalized spacial score (nSPS) is 11.5. The summed E-state index contributed by atoms with van der Waals surface area (Å²) >= 11 is 5.90. The van der Waals surface area contributed by atoms with Gasteiger partial charge in [0.2, 0.25) is 0 Å². The third-order valence-electron chi connectivity index (χ3n) is 1.90. The second-order valence-electron chi connectivity index (χ2n) is 3.60. The number of halogens is 1. The van der Waals surface area contributed by atoms with E-state index in [1.54, 1.807) is 0 Å². The molecule has 0 atom stereocenters. The molecule has 0 fully saturated rings. The van der Waals surface area contributed by atoms with Crippen LogP contribution in [-0.4, -0.2) is 0 Å². The molecule has 0 aliphatic rings. The average molecular weight is 195 g/mol. The van der Waals surface area contributed by atoms with Crippen molar-refractivity contribution >= 4 is 17.7 Å². The van der Waals surface area contributed by atoms with Crippen LogP contribution < -0.4 is 0 Å². The fourth-order valence-corrected chi connectivity index (χ4v) is 1.27. The van der Waals surface area contributed by atoms with E-state index < -0.39 is 0 Å². The van der Waals surface area contributed by atoms with E-state index in [1.807, 2.05) is 18.2 Å². The first-order chi connectivity index (χ1) is 6.09. The maximum atomic E-state index is 5.90. The minimum Gasteiger partial charge on any atom is -0.0843 e. The summed E-state index contributed by atoms with van der Waals surface area (Å²) in [4.78, 5) is 0. The Morgan fingerprint density at radius 3 is 2.62 bits per heavy atom. The zero-order chi connectivity index (χ0) is 9.84. The van der Waals surface area contributed by atoms with Gasteiger partial charge in [-0.25, -0.2) is 0 Å². The predicted molar refractivity (Wildman–Crippen MR) is 60.1 cm³/mol. The predicted octanol–water partition coefficient (Wildman–Crippen LogP) is 4.32. The standard InChI is InChI=1S/C12H15Cl/c1-9(2)4-6-11-8-12(13)7-5-10(11)3/h4-9H,1-3H3/b6-4+. The van der Waals surface area contributed by atoms with Crippen molar-refractivity contribution in [3.63, 3.8) is 0 Å². The van der Waals surface area contributed by atoms with Crippen molar-refractivity contribution < 1.29 is 0 Å². The zero-order valence-corrected chi connectivity index (χ0v) is 9.10. The van der Waals surface area contributed by atoms with E-state index in [1.165, 1.54) is 11.1 Å². The lowest BCUT2D eigenvalue weighted by Crippen LogP contribution is -1.82. The zero-order valence-electron chi connectivity index (χ0n) is 8.34. The third-order valence-corrected chi connectivity index (χ3v) is 2.14. The van der Waals surface area contributed by atoms with E-state index in [2.05, 4.69) is 32.9 Å². The molecule has 1 aromatic rings. The van der Waals surface area contributed by atoms with E-state index in [9.17, 15) is 0 Å². The van der Waals surface area contributed by atoms with Gasteiger partial charge in [-0.3, -0.25) is 0 Å². The van der Waals surface area contributed by atoms with Crippen LogP contribution in [-0.2, 0) is 0 Å². The average Bonchev–Trinajstić information content (AvgIpc) is 2.06. The summed E-state index contributed by atoms with van der Waals surface area (Å²) in [6, 6.07) is 5.96. The molecule has 0 spiro atoms. The molecule has 1 heteroatoms. The Balaban J connectivity index is 2.93. The highest BCUT2D eigenvalue weighted by Crippen LogP contribution is 2.17. The quantitative estimate of drug-likeness (QED) is 0.658. The molecule has 0 heterocycles. The van der Waals surface area contributed by atoms with Crippen LogP contribution in [0.4, 0.5) is 0 Å². The van der Waals surface area contributed by atoms with Gasteiger partial charge < -0.3 is 0 Å². The molecule has 0 amide bonds. The maximum Gasteiger partial charge on any atom is 0.0412 e. The summed E-state index contributed by atoms with van der Waals surface area (Å²) in [7, 11) is 0. The van der Waals surface area contributed by atoms with Gasteiger partial charge in [-0.15, -0.1) is 0 Å². The van der Waals surface area contributed by atoms with Gasteiger partial charge in [0, 0.05) is 5.02 Å². The molecular weight excluding hydrogens is 180 g/mol. The Hall–Kier alpha value is -0.750. The minimum atomic E-state index is 0.582. The minimum absolute atomic E-state index is 0.582. The maximum absolute atomic E-state index is 5.90. The summed E-state index contributed by atoms with van der Waals surface area (Å²) < 4.78 is 0. The third kappa shape index (κ3) is 3.23. The van der Waals surface area contributed by atoms with Crippen LogP contribution in [0.5, 0.6) is 0 Å². The fourth-order valence-electron chi connectivity index (χ4n) is 1.09. The second-order valence-corrected chi connectivity index (χ2v) is 4.04. The lowest BCUT2D eigenvalue weighted by atomic mass is 10.1. The van der Waals surface area contributed by atoms with E-state index >= 15 is 0 Å². The van der Waals surface area contributed by atoms with Crippen molar-refractivity contribution in [3.05, 3.63) is 40.4 Å². The van der Waals surface area contributed by atoms with Crippen LogP contribution >= 0.6 is 11.6 Å². The van der Waals surface area contributed by atoms with Crippen LogP contribution in [0, 0.1) is 12.8 Å². The van der Waals surface area contributed by atoms with Crippen molar-refractivity contribution in [2.24, 2.45) is 5.92 Å². The SMILES string of the molecule is Cc1ccc(Cl)cc1/C=C/C(C)C. The van der Waals surface area contributed by atoms with Gasteiger partial charge in [-0.05, 0) is 36.1 Å². The summed E-state index contributed by atoms with van der Waals surface area (Å²) in [5.74, 6) is 0.582. The number of rotatable bonds is 2. The molecule has 0 nitrogen and oxygen atoms in total. The highest BCUT2D eigenvalue weighted by atomic mass is 35.5. The van der Waals surface area contributed by atoms with Gasteiger partial charge in [-0.1, -0.05) is 43.7 Å². The van der Waals surface area contributed by atoms with Gasteiger partial charge in [-0.2, -0.15) is 0 Å². The van der Waals surface area contributed by atoms with Crippen molar-refractivity contribution in [2.45, 2.75) is 20.8 Å². The molecule has 0 radical (unpaired) electrons. The van der Waals surface area contributed by atoms with E-state index in [0.29, 0.717) is 5.92 Å². The van der Waals surface area contributed by atoms with Crippen molar-refractivity contribution in [1.29, 1.82) is 0 Å². The highest BCUT2D eigenvalue weighted by Gasteiger charge is 1.95. The molecule has 1 aromatic carbocycles. The van der Waals surface area contributed by atoms with Gasteiger partial charge in [0.1, 0.15) is 0 Å². The Kier molecular flexibility index (Phi) is 3.56. The lowest BCUT2D eigenvalue weighted by molar-refractivity contribution is 0.836. The van der Waals surface area contributed by atoms with Crippen molar-refractivity contribution in [3.8, 4) is 0 Å². The number of hydrogen-bond donors (Lipinski definition) is 0. The van der Waals surface area contributed by atoms with Crippen LogP contribution in [0.15, 0.2) is 24.3 Å². The molecular formula is C12H15Cl. The van der Waals surface area contributed by atoms with E-state index in [-0.39, 0.29) is 0 Å². The largest absolute Gasteiger partial charge is 0.0843 e. The van der Waals surface area contributed by atoms with Crippen LogP contribution in [0.3, 0.4) is 0 Å². The van der Waals surface area contributed by atoms with Crippen molar-refractivity contribution in [2.75, 3.05) is 0 Å². The van der Waals surface area contributed by atoms with Crippen molar-refractivity contribution in [1.82, 2.24) is 0 Å². The van der Waals surface area contributed by atoms with E-state index in [0.717, 1.165) is 5.02 Å². The number of benzene rings is 1. The summed E-state index contributed by atoms with van der Waals surface area (Å²) in [6.45, 7) is 6.42. The van der Waals surface area contributed by atoms with E-state index in [4.69, 9.17) is 11.6 Å². The molecule has 0 N–H and O–H groups in total. The highest BCUT2D eigenvalue weighted by molar-refractivity contribution is 6.30. The monoisotopic (exact) mass is 194 g/mol. The van der Waals surface area contributed by atoms with Crippen LogP contribution in [0.2, 0.25) is 5.02 Å². The summed E-state index contributed by atoms with van der Waals surface area (Å²) in [5, 5.41) is 0.800. The summed E-state index contributed by atoms with van der Waals surface area (Å²) in [6.07, 6.45) is 4.31. The lowest BCUT2D eigenvalue weighted by Gasteiger charge is -2.01. The first kappa shape index (κ1) is 10.3. The topological polar surface area (TPSA) is 0 Å². The summed E-state index contributed by atoms with van der Waals surface area (Å²) in [5.41, 5.74) is 2.47. The Bertz CT molecular complexity index is 311. The molecule has 0 unspecified atom stereocenters. The molecule has 70 valence electrons. The molecule has 1 rings (SSSR count). The Labute approximate surface area is 85.2 Å². The fraction of sp³-hybridized carbons (Fsp3) is 0.333. The van der Waals surface area contributed by atoms with Crippen LogP contribution in [0.25, 0.3) is 6.08 Å². The van der Waals surface area contributed by atoms with Gasteiger partial charge in [0.15, 0.2) is 0 Å². The molecule has 0 aliphatic heterocycles. The number of hydrogen-bond acceptors (Lipinski definition) is 0. The molecule has 0 aliphatic carbocycles. The first-order valence-electron chi connectivity index (χ1n) is 4.54. The molecule has 0 bridgehead atoms. The number of aryl methyl sites for hydroxylation is 1. The second kappa shape index (κ2) is 4.48. The molecule has 0 aromatic heterocycles. The Morgan fingerprint density at radius 1 is 1.31 bits per heavy atom. The molecule has 0 saturated heterocycles. The van der Waals surface area contributed by atoms with Gasteiger partial charge in [0.25, 0.3) is 0 Å². The number of allylic oxidation sites excluding steroid dienone is 1. The molecule has 0 saturated carbocycles. The smallest absolute Gasteiger partial charge is 0.0412 e. The first-order valence-corrected chi connectivity index (χ1v) is 4.92. The van der Waals surface area contributed by atoms with Crippen LogP contribution in [0.1, 0.15) is 25.0 Å². The van der Waals surface area contributed by atoms with Gasteiger partial charge >= 0.3 is 0 Å². The molecule has 13 heavy (non-hydrogen) atoms. The van der Waals surface area contributed by atoms with Gasteiger partial charge in [0.05, 0.1) is 0 Å². The Morgan fingerprint density at radius 2 is 2.00 bits per heavy atom.